The number of carbonyl (C=O) groups is 3. The smallest absolute Gasteiger partial charge is 0.326 e. The normalized spacial score (nSPS) is 22.3. The molecule has 0 radical (unpaired) electrons. The number of carboxylic acid groups (broad SMARTS) is 1. The van der Waals surface area contributed by atoms with Crippen LogP contribution < -0.4 is 11.1 Å². The molecule has 1 saturated heterocycles. The van der Waals surface area contributed by atoms with Gasteiger partial charge in [-0.2, -0.15) is 0 Å². The zero-order valence-electron chi connectivity index (χ0n) is 11.6. The number of amides is 3. The molecular weight excluding hydrogens is 302 g/mol. The van der Waals surface area contributed by atoms with Gasteiger partial charge in [-0.05, 0) is 13.3 Å². The Balaban J connectivity index is 2.65. The van der Waals surface area contributed by atoms with Gasteiger partial charge in [0.2, 0.25) is 5.91 Å². The van der Waals surface area contributed by atoms with Crippen molar-refractivity contribution in [1.82, 2.24) is 10.2 Å². The molecule has 21 heavy (non-hydrogen) atoms. The maximum Gasteiger partial charge on any atom is 0.326 e. The lowest BCUT2D eigenvalue weighted by Gasteiger charge is -2.33. The van der Waals surface area contributed by atoms with Crippen LogP contribution in [0.2, 0.25) is 0 Å². The van der Waals surface area contributed by atoms with E-state index in [-0.39, 0.29) is 30.9 Å². The van der Waals surface area contributed by atoms with Gasteiger partial charge < -0.3 is 21.1 Å². The molecule has 10 heteroatoms. The zero-order valence-corrected chi connectivity index (χ0v) is 12.4. The number of nitrogens with two attached hydrogens (primary N) is 1. The summed E-state index contributed by atoms with van der Waals surface area (Å²) in [6.07, 6.45) is -0.280. The molecule has 0 aliphatic carbocycles. The maximum atomic E-state index is 12.0. The average molecular weight is 321 g/mol. The third-order valence-electron chi connectivity index (χ3n) is 3.21. The van der Waals surface area contributed by atoms with Crippen molar-refractivity contribution in [2.45, 2.75) is 31.8 Å². The third kappa shape index (κ3) is 5.21. The molecule has 0 aromatic rings. The van der Waals surface area contributed by atoms with E-state index in [1.54, 1.807) is 6.92 Å². The Kier molecular flexibility index (Phi) is 5.53. The number of carboxylic acids is 1. The van der Waals surface area contributed by atoms with Crippen molar-refractivity contribution < 1.29 is 27.9 Å². The van der Waals surface area contributed by atoms with E-state index in [0.717, 1.165) is 0 Å². The van der Waals surface area contributed by atoms with Crippen molar-refractivity contribution in [3.63, 3.8) is 0 Å². The predicted molar refractivity (Wildman–Crippen MR) is 73.2 cm³/mol. The summed E-state index contributed by atoms with van der Waals surface area (Å²) in [5.41, 5.74) is 4.94. The molecule has 1 heterocycles. The number of nitrogens with one attached hydrogen (secondary N) is 1. The first-order chi connectivity index (χ1) is 9.62. The van der Waals surface area contributed by atoms with Crippen LogP contribution in [0.1, 0.15) is 19.8 Å². The van der Waals surface area contributed by atoms with Gasteiger partial charge in [0.25, 0.3) is 0 Å². The molecule has 4 N–H and O–H groups in total. The van der Waals surface area contributed by atoms with Crippen LogP contribution in [-0.4, -0.2) is 66.5 Å². The average Bonchev–Trinajstić information content (AvgIpc) is 2.32. The fourth-order valence-electron chi connectivity index (χ4n) is 2.08. The second kappa shape index (κ2) is 6.74. The second-order valence-electron chi connectivity index (χ2n) is 5.00. The molecule has 3 amide bonds. The van der Waals surface area contributed by atoms with E-state index >= 15 is 0 Å². The monoisotopic (exact) mass is 321 g/mol. The lowest BCUT2D eigenvalue weighted by atomic mass is 10.1. The number of sulfone groups is 1. The molecular formula is C11H19N3O6S. The van der Waals surface area contributed by atoms with E-state index < -0.39 is 39.8 Å². The van der Waals surface area contributed by atoms with E-state index in [4.69, 9.17) is 10.8 Å². The molecule has 0 aromatic carbocycles. The quantitative estimate of drug-likeness (QED) is 0.563. The molecule has 120 valence electrons. The largest absolute Gasteiger partial charge is 0.480 e. The second-order valence-corrected chi connectivity index (χ2v) is 7.23. The van der Waals surface area contributed by atoms with Crippen molar-refractivity contribution in [2.24, 2.45) is 5.73 Å². The summed E-state index contributed by atoms with van der Waals surface area (Å²) in [7, 11) is -3.16. The van der Waals surface area contributed by atoms with Gasteiger partial charge in [-0.1, -0.05) is 0 Å². The number of hydrogen-bond acceptors (Lipinski definition) is 5. The van der Waals surface area contributed by atoms with Gasteiger partial charge in [0.05, 0.1) is 11.5 Å². The molecule has 0 saturated carbocycles. The minimum atomic E-state index is -3.16. The van der Waals surface area contributed by atoms with Crippen LogP contribution in [0.4, 0.5) is 4.79 Å². The first-order valence-electron chi connectivity index (χ1n) is 6.41. The first kappa shape index (κ1) is 17.2. The van der Waals surface area contributed by atoms with Gasteiger partial charge in [-0.3, -0.25) is 4.79 Å². The van der Waals surface area contributed by atoms with E-state index in [0.29, 0.717) is 0 Å². The third-order valence-corrected chi connectivity index (χ3v) is 5.00. The summed E-state index contributed by atoms with van der Waals surface area (Å²) in [5.74, 6) is -2.24. The van der Waals surface area contributed by atoms with E-state index in [9.17, 15) is 22.8 Å². The van der Waals surface area contributed by atoms with Crippen LogP contribution >= 0.6 is 0 Å². The van der Waals surface area contributed by atoms with Crippen LogP contribution in [0.15, 0.2) is 0 Å². The summed E-state index contributed by atoms with van der Waals surface area (Å²) >= 11 is 0. The van der Waals surface area contributed by atoms with Gasteiger partial charge >= 0.3 is 12.0 Å². The van der Waals surface area contributed by atoms with Crippen LogP contribution in [0.25, 0.3) is 0 Å². The van der Waals surface area contributed by atoms with E-state index in [1.165, 1.54) is 4.90 Å². The highest BCUT2D eigenvalue weighted by Gasteiger charge is 2.33. The number of rotatable bonds is 5. The number of hydrogen-bond donors (Lipinski definition) is 3. The highest BCUT2D eigenvalue weighted by atomic mass is 32.2. The Morgan fingerprint density at radius 2 is 2.05 bits per heavy atom. The molecule has 1 fully saturated rings. The topological polar surface area (TPSA) is 147 Å². The van der Waals surface area contributed by atoms with Crippen molar-refractivity contribution in [3.8, 4) is 0 Å². The fourth-order valence-corrected chi connectivity index (χ4v) is 3.63. The summed E-state index contributed by atoms with van der Waals surface area (Å²) in [6.45, 7) is 1.59. The summed E-state index contributed by atoms with van der Waals surface area (Å²) in [6, 6.07) is -2.43. The van der Waals surface area contributed by atoms with Crippen molar-refractivity contribution in [3.05, 3.63) is 0 Å². The van der Waals surface area contributed by atoms with Crippen LogP contribution in [0.5, 0.6) is 0 Å². The Bertz CT molecular complexity index is 532. The molecule has 1 rings (SSSR count). The van der Waals surface area contributed by atoms with Gasteiger partial charge in [-0.25, -0.2) is 18.0 Å². The zero-order chi connectivity index (χ0) is 16.2. The molecule has 2 atom stereocenters. The molecule has 1 aliphatic rings. The number of primary amides is 1. The van der Waals surface area contributed by atoms with Crippen molar-refractivity contribution in [1.29, 1.82) is 0 Å². The number of urea groups is 1. The molecule has 0 bridgehead atoms. The Labute approximate surface area is 122 Å². The van der Waals surface area contributed by atoms with Gasteiger partial charge in [-0.15, -0.1) is 0 Å². The highest BCUT2D eigenvalue weighted by molar-refractivity contribution is 7.91. The minimum Gasteiger partial charge on any atom is -0.480 e. The number of aliphatic carboxylic acids is 1. The van der Waals surface area contributed by atoms with Crippen molar-refractivity contribution in [2.75, 3.05) is 18.1 Å². The minimum absolute atomic E-state index is 0.0114. The van der Waals surface area contributed by atoms with Crippen LogP contribution in [-0.2, 0) is 19.4 Å². The Morgan fingerprint density at radius 1 is 1.43 bits per heavy atom. The van der Waals surface area contributed by atoms with Gasteiger partial charge in [0, 0.05) is 19.0 Å². The Morgan fingerprint density at radius 3 is 2.52 bits per heavy atom. The molecule has 2 unspecified atom stereocenters. The molecule has 1 aliphatic heterocycles. The maximum absolute atomic E-state index is 12.0. The van der Waals surface area contributed by atoms with Crippen LogP contribution in [0.3, 0.4) is 0 Å². The lowest BCUT2D eigenvalue weighted by Crippen LogP contribution is -2.56. The number of carbonyl (C=O) groups excluding carboxylic acids is 2. The first-order valence-corrected chi connectivity index (χ1v) is 8.23. The standard InChI is InChI=1S/C11H19N3O6S/c1-7-6-21(19,20)5-4-14(7)11(18)13-8(10(16)17)2-3-9(12)15/h7-8H,2-6H2,1H3,(H2,12,15)(H,13,18)(H,16,17). The lowest BCUT2D eigenvalue weighted by molar-refractivity contribution is -0.139. The summed E-state index contributed by atoms with van der Waals surface area (Å²) in [5, 5.41) is 11.3. The van der Waals surface area contributed by atoms with Gasteiger partial charge in [0.1, 0.15) is 6.04 Å². The van der Waals surface area contributed by atoms with E-state index in [1.807, 2.05) is 0 Å². The Hall–Kier alpha value is -1.84. The SMILES string of the molecule is CC1CS(=O)(=O)CCN1C(=O)NC(CCC(N)=O)C(=O)O. The predicted octanol–water partition coefficient (Wildman–Crippen LogP) is -1.47. The summed E-state index contributed by atoms with van der Waals surface area (Å²) in [4.78, 5) is 35.0. The fraction of sp³-hybridized carbons (Fsp3) is 0.727. The molecule has 0 spiro atoms. The molecule has 9 nitrogen and oxygen atoms in total. The molecule has 0 aromatic heterocycles. The highest BCUT2D eigenvalue weighted by Crippen LogP contribution is 2.12. The summed E-state index contributed by atoms with van der Waals surface area (Å²) < 4.78 is 22.9. The van der Waals surface area contributed by atoms with E-state index in [2.05, 4.69) is 5.32 Å². The van der Waals surface area contributed by atoms with Crippen molar-refractivity contribution >= 4 is 27.7 Å². The van der Waals surface area contributed by atoms with Crippen LogP contribution in [0, 0.1) is 0 Å². The number of nitrogens with zero attached hydrogens (tertiary/aromatic N) is 1. The van der Waals surface area contributed by atoms with Gasteiger partial charge in [0.15, 0.2) is 9.84 Å².